The van der Waals surface area contributed by atoms with E-state index in [2.05, 4.69) is 9.71 Å². The third-order valence-corrected chi connectivity index (χ3v) is 5.93. The molecule has 1 aromatic carbocycles. The maximum Gasteiger partial charge on any atom is 0.243 e. The summed E-state index contributed by atoms with van der Waals surface area (Å²) in [5.41, 5.74) is 0. The Morgan fingerprint density at radius 3 is 2.50 bits per heavy atom. The topological polar surface area (TPSA) is 68.3 Å². The number of nitrogens with zero attached hydrogens (tertiary/aromatic N) is 1. The molecule has 2 aromatic rings. The molecule has 3 rings (SSSR count). The monoisotopic (exact) mass is 402 g/mol. The SMILES string of the molecule is O=S(=O)(NC1CCC(Oc2ccc(Cl)cn2)CC1)c1cc(F)ccc1F. The number of hydrogen-bond donors (Lipinski definition) is 1. The van der Waals surface area contributed by atoms with Crippen molar-refractivity contribution in [3.8, 4) is 5.88 Å². The zero-order chi connectivity index (χ0) is 18.7. The highest BCUT2D eigenvalue weighted by Gasteiger charge is 2.28. The largest absolute Gasteiger partial charge is 0.474 e. The van der Waals surface area contributed by atoms with Gasteiger partial charge in [0, 0.05) is 18.3 Å². The molecule has 26 heavy (non-hydrogen) atoms. The van der Waals surface area contributed by atoms with Crippen LogP contribution < -0.4 is 9.46 Å². The van der Waals surface area contributed by atoms with Gasteiger partial charge in [0.05, 0.1) is 5.02 Å². The second kappa shape index (κ2) is 7.85. The first kappa shape index (κ1) is 19.0. The summed E-state index contributed by atoms with van der Waals surface area (Å²) < 4.78 is 59.8. The summed E-state index contributed by atoms with van der Waals surface area (Å²) in [5, 5.41) is 0.514. The Labute approximate surface area is 155 Å². The zero-order valence-electron chi connectivity index (χ0n) is 13.7. The molecule has 1 aliphatic rings. The summed E-state index contributed by atoms with van der Waals surface area (Å²) in [4.78, 5) is 3.39. The van der Waals surface area contributed by atoms with E-state index >= 15 is 0 Å². The van der Waals surface area contributed by atoms with E-state index in [-0.39, 0.29) is 12.1 Å². The van der Waals surface area contributed by atoms with Crippen LogP contribution in [-0.2, 0) is 10.0 Å². The minimum absolute atomic E-state index is 0.0877. The highest BCUT2D eigenvalue weighted by molar-refractivity contribution is 7.89. The fourth-order valence-electron chi connectivity index (χ4n) is 2.87. The molecular weight excluding hydrogens is 386 g/mol. The van der Waals surface area contributed by atoms with Gasteiger partial charge < -0.3 is 4.74 Å². The van der Waals surface area contributed by atoms with Crippen molar-refractivity contribution in [2.24, 2.45) is 0 Å². The van der Waals surface area contributed by atoms with E-state index in [1.54, 1.807) is 12.1 Å². The van der Waals surface area contributed by atoms with Gasteiger partial charge >= 0.3 is 0 Å². The van der Waals surface area contributed by atoms with Crippen LogP contribution in [0.4, 0.5) is 8.78 Å². The molecule has 0 radical (unpaired) electrons. The van der Waals surface area contributed by atoms with Crippen LogP contribution in [-0.4, -0.2) is 25.5 Å². The molecule has 0 saturated heterocycles. The summed E-state index contributed by atoms with van der Waals surface area (Å²) in [7, 11) is -4.13. The van der Waals surface area contributed by atoms with Crippen LogP contribution in [0.3, 0.4) is 0 Å². The van der Waals surface area contributed by atoms with Crippen molar-refractivity contribution in [1.29, 1.82) is 0 Å². The molecule has 1 fully saturated rings. The van der Waals surface area contributed by atoms with Crippen molar-refractivity contribution in [2.75, 3.05) is 0 Å². The zero-order valence-corrected chi connectivity index (χ0v) is 15.2. The molecule has 1 aliphatic carbocycles. The fourth-order valence-corrected chi connectivity index (χ4v) is 4.37. The van der Waals surface area contributed by atoms with Crippen molar-refractivity contribution in [3.63, 3.8) is 0 Å². The third kappa shape index (κ3) is 4.69. The lowest BCUT2D eigenvalue weighted by molar-refractivity contribution is 0.138. The van der Waals surface area contributed by atoms with Crippen molar-refractivity contribution >= 4 is 21.6 Å². The van der Waals surface area contributed by atoms with E-state index in [1.807, 2.05) is 0 Å². The predicted molar refractivity (Wildman–Crippen MR) is 92.6 cm³/mol. The van der Waals surface area contributed by atoms with Crippen molar-refractivity contribution in [2.45, 2.75) is 42.7 Å². The highest BCUT2D eigenvalue weighted by atomic mass is 35.5. The van der Waals surface area contributed by atoms with Gasteiger partial charge in [0.25, 0.3) is 0 Å². The smallest absolute Gasteiger partial charge is 0.243 e. The molecule has 1 N–H and O–H groups in total. The Morgan fingerprint density at radius 1 is 1.12 bits per heavy atom. The van der Waals surface area contributed by atoms with Crippen LogP contribution in [0.15, 0.2) is 41.4 Å². The Kier molecular flexibility index (Phi) is 5.74. The molecule has 0 bridgehead atoms. The number of sulfonamides is 1. The quantitative estimate of drug-likeness (QED) is 0.828. The van der Waals surface area contributed by atoms with Gasteiger partial charge in [-0.05, 0) is 49.9 Å². The molecule has 140 valence electrons. The molecule has 1 saturated carbocycles. The predicted octanol–water partition coefficient (Wildman–Crippen LogP) is 3.68. The van der Waals surface area contributed by atoms with Crippen molar-refractivity contribution in [3.05, 3.63) is 53.2 Å². The first-order chi connectivity index (χ1) is 12.3. The molecular formula is C17H17ClF2N2O3S. The lowest BCUT2D eigenvalue weighted by Crippen LogP contribution is -2.40. The van der Waals surface area contributed by atoms with Gasteiger partial charge in [-0.25, -0.2) is 26.9 Å². The summed E-state index contributed by atoms with van der Waals surface area (Å²) in [5.74, 6) is -1.33. The third-order valence-electron chi connectivity index (χ3n) is 4.17. The molecule has 0 aliphatic heterocycles. The summed E-state index contributed by atoms with van der Waals surface area (Å²) in [6, 6.07) is 5.34. The van der Waals surface area contributed by atoms with Gasteiger partial charge in [-0.3, -0.25) is 0 Å². The molecule has 0 unspecified atom stereocenters. The lowest BCUT2D eigenvalue weighted by atomic mass is 9.94. The number of halogens is 3. The average molecular weight is 403 g/mol. The lowest BCUT2D eigenvalue weighted by Gasteiger charge is -2.29. The molecule has 0 atom stereocenters. The van der Waals surface area contributed by atoms with Crippen LogP contribution in [0.1, 0.15) is 25.7 Å². The molecule has 9 heteroatoms. The number of hydrogen-bond acceptors (Lipinski definition) is 4. The second-order valence-corrected chi connectivity index (χ2v) is 8.22. The van der Waals surface area contributed by atoms with Gasteiger partial charge in [0.15, 0.2) is 0 Å². The second-order valence-electron chi connectivity index (χ2n) is 6.10. The number of pyridine rings is 1. The van der Waals surface area contributed by atoms with Crippen LogP contribution in [0, 0.1) is 11.6 Å². The van der Waals surface area contributed by atoms with Crippen LogP contribution >= 0.6 is 11.6 Å². The summed E-state index contributed by atoms with van der Waals surface area (Å²) in [6.45, 7) is 0. The molecule has 0 spiro atoms. The van der Waals surface area contributed by atoms with Crippen LogP contribution in [0.2, 0.25) is 5.02 Å². The van der Waals surface area contributed by atoms with E-state index < -0.39 is 26.6 Å². The molecule has 1 heterocycles. The van der Waals surface area contributed by atoms with E-state index in [1.165, 1.54) is 6.20 Å². The van der Waals surface area contributed by atoms with Crippen molar-refractivity contribution in [1.82, 2.24) is 9.71 Å². The van der Waals surface area contributed by atoms with Crippen LogP contribution in [0.25, 0.3) is 0 Å². The minimum Gasteiger partial charge on any atom is -0.474 e. The Hall–Kier alpha value is -1.77. The molecule has 1 aromatic heterocycles. The Morgan fingerprint density at radius 2 is 1.85 bits per heavy atom. The minimum atomic E-state index is -4.13. The van der Waals surface area contributed by atoms with Crippen LogP contribution in [0.5, 0.6) is 5.88 Å². The van der Waals surface area contributed by atoms with E-state index in [4.69, 9.17) is 16.3 Å². The van der Waals surface area contributed by atoms with Gasteiger partial charge in [-0.15, -0.1) is 0 Å². The maximum absolute atomic E-state index is 13.7. The van der Waals surface area contributed by atoms with Gasteiger partial charge in [0.2, 0.25) is 15.9 Å². The Bertz CT molecular complexity index is 870. The fraction of sp³-hybridized carbons (Fsp3) is 0.353. The standard InChI is InChI=1S/C17H17ClF2N2O3S/c18-11-1-8-17(21-10-11)25-14-5-3-13(4-6-14)22-26(23,24)16-9-12(19)2-7-15(16)20/h1-2,7-10,13-14,22H,3-6H2. The van der Waals surface area contributed by atoms with Crippen molar-refractivity contribution < 1.29 is 21.9 Å². The van der Waals surface area contributed by atoms with E-state index in [9.17, 15) is 17.2 Å². The first-order valence-corrected chi connectivity index (χ1v) is 9.95. The van der Waals surface area contributed by atoms with Gasteiger partial charge in [0.1, 0.15) is 22.6 Å². The summed E-state index contributed by atoms with van der Waals surface area (Å²) >= 11 is 5.77. The van der Waals surface area contributed by atoms with E-state index in [0.29, 0.717) is 42.7 Å². The van der Waals surface area contributed by atoms with E-state index in [0.717, 1.165) is 12.1 Å². The number of ether oxygens (including phenoxy) is 1. The number of nitrogens with one attached hydrogen (secondary N) is 1. The normalized spacial score (nSPS) is 20.7. The Balaban J connectivity index is 1.58. The molecule has 0 amide bonds. The number of rotatable bonds is 5. The highest BCUT2D eigenvalue weighted by Crippen LogP contribution is 2.25. The first-order valence-electron chi connectivity index (χ1n) is 8.09. The van der Waals surface area contributed by atoms with Gasteiger partial charge in [-0.1, -0.05) is 11.6 Å². The maximum atomic E-state index is 13.7. The number of aromatic nitrogens is 1. The molecule has 5 nitrogen and oxygen atoms in total. The van der Waals surface area contributed by atoms with Gasteiger partial charge in [-0.2, -0.15) is 0 Å². The average Bonchev–Trinajstić information content (AvgIpc) is 2.60. The number of benzene rings is 1. The summed E-state index contributed by atoms with van der Waals surface area (Å²) in [6.07, 6.45) is 3.68.